The van der Waals surface area contributed by atoms with E-state index < -0.39 is 96.2 Å². The predicted octanol–water partition coefficient (Wildman–Crippen LogP) is -4.52. The SMILES string of the molecule is N=C(N)NCCC[C@H](NC(=O)[C@H](CCC(N)=O)NC(=O)[C@H](CCCCN)NC(=O)[C@@H]1CCCN1C(=O)[C@H](Cc1c[nH]cn1)NC(=O)[C@@H]1CCCN1)C(=O)N1CCC[C@H]1C(=O)NCC(=O)O. The van der Waals surface area contributed by atoms with Crippen LogP contribution in [0.3, 0.4) is 0 Å². The number of carboxylic acids is 1. The van der Waals surface area contributed by atoms with Crippen molar-refractivity contribution >= 4 is 59.2 Å². The Hall–Kier alpha value is -6.37. The van der Waals surface area contributed by atoms with Crippen LogP contribution in [0.2, 0.25) is 0 Å². The summed E-state index contributed by atoms with van der Waals surface area (Å²) in [5.41, 5.74) is 17.1. The molecule has 0 unspecified atom stereocenters. The quantitative estimate of drug-likeness (QED) is 0.0237. The minimum atomic E-state index is -1.45. The van der Waals surface area contributed by atoms with Gasteiger partial charge in [-0.2, -0.15) is 0 Å². The maximum Gasteiger partial charge on any atom is 0.322 e. The molecule has 1 aromatic heterocycles. The molecule has 0 spiro atoms. The Morgan fingerprint density at radius 2 is 1.37 bits per heavy atom. The minimum Gasteiger partial charge on any atom is -0.480 e. The molecule has 25 nitrogen and oxygen atoms in total. The van der Waals surface area contributed by atoms with Gasteiger partial charge in [0.05, 0.1) is 18.1 Å². The summed E-state index contributed by atoms with van der Waals surface area (Å²) in [4.78, 5) is 129. The van der Waals surface area contributed by atoms with Crippen LogP contribution in [0, 0.1) is 5.41 Å². The van der Waals surface area contributed by atoms with Crippen molar-refractivity contribution < 1.29 is 48.3 Å². The number of rotatable bonds is 26. The number of H-pyrrole nitrogens is 1. The number of unbranched alkanes of at least 4 members (excludes halogenated alkanes) is 1. The molecule has 1 aromatic rings. The number of carbonyl (C=O) groups is 9. The fourth-order valence-corrected chi connectivity index (χ4v) is 8.20. The summed E-state index contributed by atoms with van der Waals surface area (Å²) in [6, 6.07) is -7.50. The third kappa shape index (κ3) is 16.0. The first-order valence-corrected chi connectivity index (χ1v) is 22.2. The van der Waals surface area contributed by atoms with Crippen LogP contribution in [0.5, 0.6) is 0 Å². The number of likely N-dealkylation sites (tertiary alicyclic amines) is 2. The number of aromatic nitrogens is 2. The minimum absolute atomic E-state index is 0.0145. The fraction of sp³-hybridized carbons (Fsp3) is 0.675. The monoisotopic (exact) mass is 916 g/mol. The molecule has 65 heavy (non-hydrogen) atoms. The Balaban J connectivity index is 1.52. The van der Waals surface area contributed by atoms with Crippen molar-refractivity contribution in [1.29, 1.82) is 5.41 Å². The number of nitrogens with one attached hydrogen (secondary N) is 9. The van der Waals surface area contributed by atoms with Gasteiger partial charge in [0, 0.05) is 38.7 Å². The van der Waals surface area contributed by atoms with Crippen LogP contribution in [-0.4, -0.2) is 166 Å². The van der Waals surface area contributed by atoms with E-state index in [1.165, 1.54) is 16.1 Å². The average Bonchev–Trinajstić information content (AvgIpc) is 4.12. The maximum absolute atomic E-state index is 14.2. The molecule has 0 aliphatic carbocycles. The first-order chi connectivity index (χ1) is 31.1. The normalized spacial score (nSPS) is 19.9. The van der Waals surface area contributed by atoms with Gasteiger partial charge in [-0.1, -0.05) is 0 Å². The number of nitrogens with zero attached hydrogens (tertiary/aromatic N) is 3. The lowest BCUT2D eigenvalue weighted by atomic mass is 10.0. The van der Waals surface area contributed by atoms with Gasteiger partial charge >= 0.3 is 5.97 Å². The summed E-state index contributed by atoms with van der Waals surface area (Å²) in [6.45, 7) is 0.779. The van der Waals surface area contributed by atoms with Crippen LogP contribution < -0.4 is 54.4 Å². The number of amides is 8. The van der Waals surface area contributed by atoms with Gasteiger partial charge in [0.2, 0.25) is 47.3 Å². The summed E-state index contributed by atoms with van der Waals surface area (Å²) in [5.74, 6) is -6.87. The highest BCUT2D eigenvalue weighted by atomic mass is 16.4. The zero-order valence-corrected chi connectivity index (χ0v) is 36.5. The van der Waals surface area contributed by atoms with E-state index in [0.717, 1.165) is 6.42 Å². The molecule has 0 bridgehead atoms. The molecule has 8 amide bonds. The highest BCUT2D eigenvalue weighted by Gasteiger charge is 2.41. The van der Waals surface area contributed by atoms with E-state index in [-0.39, 0.29) is 89.4 Å². The Morgan fingerprint density at radius 1 is 0.754 bits per heavy atom. The van der Waals surface area contributed by atoms with Crippen LogP contribution in [0.4, 0.5) is 0 Å². The smallest absolute Gasteiger partial charge is 0.322 e. The van der Waals surface area contributed by atoms with Crippen molar-refractivity contribution in [3.8, 4) is 0 Å². The number of guanidine groups is 1. The largest absolute Gasteiger partial charge is 0.480 e. The van der Waals surface area contributed by atoms with Crippen molar-refractivity contribution in [2.24, 2.45) is 17.2 Å². The topological polar surface area (TPSA) is 395 Å². The standard InChI is InChI=1S/C40H65N15O10/c41-14-2-1-7-25(51-37(63)30-11-6-18-55(30)39(65)28(19-23-20-45-22-49-23)53-33(59)24-8-3-15-46-24)34(60)50-26(12-13-31(42)56)35(61)52-27(9-4-16-47-40(43)44)38(64)54-17-5-10-29(54)36(62)48-21-32(57)58/h20,22,24-30,46H,1-19,21,41H2,(H2,42,56)(H,45,49)(H,48,62)(H,50,60)(H,51,63)(H,52,61)(H,53,59)(H,57,58)(H4,43,44,47)/t24-,25-,26-,27-,28-,29-,30-/m0/s1. The fourth-order valence-electron chi connectivity index (χ4n) is 8.20. The molecular formula is C40H65N15O10. The number of aromatic amines is 1. The summed E-state index contributed by atoms with van der Waals surface area (Å²) in [7, 11) is 0. The highest BCUT2D eigenvalue weighted by molar-refractivity contribution is 5.98. The second-order valence-corrected chi connectivity index (χ2v) is 16.4. The zero-order chi connectivity index (χ0) is 47.5. The molecule has 0 saturated carbocycles. The summed E-state index contributed by atoms with van der Waals surface area (Å²) < 4.78 is 0. The number of aliphatic carboxylic acids is 1. The van der Waals surface area contributed by atoms with Crippen molar-refractivity contribution in [2.75, 3.05) is 39.3 Å². The Bertz CT molecular complexity index is 1840. The van der Waals surface area contributed by atoms with Gasteiger partial charge in [0.1, 0.15) is 42.8 Å². The highest BCUT2D eigenvalue weighted by Crippen LogP contribution is 2.22. The van der Waals surface area contributed by atoms with E-state index in [1.54, 1.807) is 6.20 Å². The molecule has 3 aliphatic rings. The lowest BCUT2D eigenvalue weighted by Crippen LogP contribution is -2.60. The number of hydrogen-bond acceptors (Lipinski definition) is 13. The third-order valence-electron chi connectivity index (χ3n) is 11.5. The second kappa shape index (κ2) is 25.8. The first-order valence-electron chi connectivity index (χ1n) is 22.2. The van der Waals surface area contributed by atoms with E-state index in [9.17, 15) is 43.2 Å². The summed E-state index contributed by atoms with van der Waals surface area (Å²) in [6.07, 6.45) is 6.43. The number of nitrogens with two attached hydrogens (primary N) is 3. The predicted molar refractivity (Wildman–Crippen MR) is 232 cm³/mol. The Labute approximate surface area is 376 Å². The van der Waals surface area contributed by atoms with Crippen LogP contribution >= 0.6 is 0 Å². The maximum atomic E-state index is 14.2. The number of primary amides is 1. The Kier molecular flexibility index (Phi) is 20.4. The van der Waals surface area contributed by atoms with E-state index in [0.29, 0.717) is 44.3 Å². The third-order valence-corrected chi connectivity index (χ3v) is 11.5. The molecule has 0 aromatic carbocycles. The molecule has 360 valence electrons. The van der Waals surface area contributed by atoms with Gasteiger partial charge < -0.3 is 74.3 Å². The van der Waals surface area contributed by atoms with E-state index in [1.807, 2.05) is 0 Å². The van der Waals surface area contributed by atoms with Gasteiger partial charge in [-0.25, -0.2) is 4.98 Å². The average molecular weight is 916 g/mol. The van der Waals surface area contributed by atoms with E-state index >= 15 is 0 Å². The van der Waals surface area contributed by atoms with Gasteiger partial charge in [-0.05, 0) is 90.1 Å². The van der Waals surface area contributed by atoms with Crippen LogP contribution in [0.15, 0.2) is 12.5 Å². The van der Waals surface area contributed by atoms with Crippen molar-refractivity contribution in [3.63, 3.8) is 0 Å². The molecule has 0 radical (unpaired) electrons. The van der Waals surface area contributed by atoms with Crippen molar-refractivity contribution in [2.45, 2.75) is 132 Å². The van der Waals surface area contributed by atoms with E-state index in [4.69, 9.17) is 27.7 Å². The van der Waals surface area contributed by atoms with Gasteiger partial charge in [0.15, 0.2) is 5.96 Å². The molecular weight excluding hydrogens is 851 g/mol. The van der Waals surface area contributed by atoms with Gasteiger partial charge in [-0.3, -0.25) is 48.6 Å². The van der Waals surface area contributed by atoms with Crippen molar-refractivity contribution in [3.05, 3.63) is 18.2 Å². The number of imidazole rings is 1. The number of hydrogen-bond donors (Lipinski definition) is 13. The Morgan fingerprint density at radius 3 is 1.95 bits per heavy atom. The van der Waals surface area contributed by atoms with Crippen LogP contribution in [-0.2, 0) is 49.6 Å². The molecule has 4 heterocycles. The summed E-state index contributed by atoms with van der Waals surface area (Å²) in [5, 5.41) is 35.4. The van der Waals surface area contributed by atoms with Crippen LogP contribution in [0.1, 0.15) is 89.2 Å². The molecule has 25 heteroatoms. The number of carboxylic acid groups (broad SMARTS) is 1. The molecule has 3 fully saturated rings. The van der Waals surface area contributed by atoms with E-state index in [2.05, 4.69) is 47.2 Å². The molecule has 4 rings (SSSR count). The molecule has 3 saturated heterocycles. The van der Waals surface area contributed by atoms with Gasteiger partial charge in [0.25, 0.3) is 0 Å². The number of carbonyl (C=O) groups excluding carboxylic acids is 8. The second-order valence-electron chi connectivity index (χ2n) is 16.4. The first kappa shape index (κ1) is 51.3. The molecule has 16 N–H and O–H groups in total. The molecule has 3 aliphatic heterocycles. The summed E-state index contributed by atoms with van der Waals surface area (Å²) >= 11 is 0. The lowest BCUT2D eigenvalue weighted by Gasteiger charge is -2.31. The lowest BCUT2D eigenvalue weighted by molar-refractivity contribution is -0.143. The van der Waals surface area contributed by atoms with Crippen molar-refractivity contribution in [1.82, 2.24) is 57.0 Å². The zero-order valence-electron chi connectivity index (χ0n) is 36.5. The molecule has 7 atom stereocenters. The van der Waals surface area contributed by atoms with Gasteiger partial charge in [-0.15, -0.1) is 0 Å². The van der Waals surface area contributed by atoms with Crippen LogP contribution in [0.25, 0.3) is 0 Å².